The summed E-state index contributed by atoms with van der Waals surface area (Å²) in [5.74, 6) is -0.0693. The fraction of sp³-hybridized carbons (Fsp3) is 0.300. The van der Waals surface area contributed by atoms with Gasteiger partial charge in [-0.05, 0) is 36.1 Å². The predicted molar refractivity (Wildman–Crippen MR) is 96.3 cm³/mol. The second-order valence-electron chi connectivity index (χ2n) is 6.58. The molecule has 3 aliphatic heterocycles. The number of aryl methyl sites for hydroxylation is 1. The molecule has 3 heterocycles. The van der Waals surface area contributed by atoms with Crippen molar-refractivity contribution >= 4 is 23.5 Å². The summed E-state index contributed by atoms with van der Waals surface area (Å²) in [6, 6.07) is 8.15. The second-order valence-corrected chi connectivity index (χ2v) is 6.58. The predicted octanol–water partition coefficient (Wildman–Crippen LogP) is 2.99. The Bertz CT molecular complexity index is 875. The summed E-state index contributed by atoms with van der Waals surface area (Å²) in [6.07, 6.45) is 6.79. The molecule has 1 aromatic carbocycles. The van der Waals surface area contributed by atoms with Crippen molar-refractivity contribution in [2.24, 2.45) is 15.9 Å². The van der Waals surface area contributed by atoms with Crippen LogP contribution < -0.4 is 0 Å². The molecule has 0 aliphatic carbocycles. The molecule has 3 aliphatic rings. The lowest BCUT2D eigenvalue weighted by molar-refractivity contribution is -0.122. The fourth-order valence-corrected chi connectivity index (χ4v) is 3.64. The van der Waals surface area contributed by atoms with Gasteiger partial charge in [0.15, 0.2) is 0 Å². The summed E-state index contributed by atoms with van der Waals surface area (Å²) in [6.45, 7) is 4.00. The number of amides is 2. The molecule has 0 aromatic heterocycles. The van der Waals surface area contributed by atoms with E-state index in [2.05, 4.69) is 29.0 Å². The van der Waals surface area contributed by atoms with E-state index in [1.54, 1.807) is 4.90 Å². The van der Waals surface area contributed by atoms with Crippen LogP contribution in [0.5, 0.6) is 0 Å². The number of nitrogens with zero attached hydrogens (tertiary/aromatic N) is 3. The molecule has 1 aromatic rings. The Balaban J connectivity index is 1.79. The van der Waals surface area contributed by atoms with Crippen LogP contribution in [-0.2, 0) is 16.0 Å². The molecule has 126 valence electrons. The Morgan fingerprint density at radius 1 is 1.16 bits per heavy atom. The smallest absolute Gasteiger partial charge is 0.259 e. The highest BCUT2D eigenvalue weighted by molar-refractivity contribution is 6.25. The van der Waals surface area contributed by atoms with E-state index in [4.69, 9.17) is 0 Å². The molecule has 0 saturated heterocycles. The van der Waals surface area contributed by atoms with Crippen LogP contribution >= 0.6 is 0 Å². The molecular weight excluding hydrogens is 314 g/mol. The molecule has 2 unspecified atom stereocenters. The van der Waals surface area contributed by atoms with Gasteiger partial charge in [-0.3, -0.25) is 14.5 Å². The Morgan fingerprint density at radius 2 is 1.92 bits per heavy atom. The van der Waals surface area contributed by atoms with Crippen molar-refractivity contribution in [2.75, 3.05) is 0 Å². The van der Waals surface area contributed by atoms with E-state index in [1.807, 2.05) is 37.4 Å². The number of fused-ring (bicyclic) bond motifs is 3. The number of aliphatic imine (C=N–C) groups is 2. The van der Waals surface area contributed by atoms with E-state index in [0.29, 0.717) is 11.7 Å². The van der Waals surface area contributed by atoms with Crippen molar-refractivity contribution in [1.82, 2.24) is 4.90 Å². The van der Waals surface area contributed by atoms with Gasteiger partial charge < -0.3 is 0 Å². The van der Waals surface area contributed by atoms with Crippen LogP contribution in [-0.4, -0.2) is 28.4 Å². The zero-order valence-corrected chi connectivity index (χ0v) is 14.3. The Morgan fingerprint density at radius 3 is 2.64 bits per heavy atom. The lowest BCUT2D eigenvalue weighted by Gasteiger charge is -2.38. The van der Waals surface area contributed by atoms with E-state index >= 15 is 0 Å². The van der Waals surface area contributed by atoms with Crippen molar-refractivity contribution < 1.29 is 9.59 Å². The maximum atomic E-state index is 12.8. The molecule has 5 heteroatoms. The minimum Gasteiger partial charge on any atom is -0.288 e. The van der Waals surface area contributed by atoms with Gasteiger partial charge in [-0.1, -0.05) is 37.3 Å². The van der Waals surface area contributed by atoms with Crippen molar-refractivity contribution in [1.29, 1.82) is 0 Å². The molecule has 5 nitrogen and oxygen atoms in total. The van der Waals surface area contributed by atoms with Crippen molar-refractivity contribution in [3.05, 3.63) is 59.3 Å². The average molecular weight is 333 g/mol. The molecule has 0 N–H and O–H groups in total. The molecule has 0 radical (unpaired) electrons. The summed E-state index contributed by atoms with van der Waals surface area (Å²) in [7, 11) is 0. The van der Waals surface area contributed by atoms with Crippen LogP contribution in [0.2, 0.25) is 0 Å². The third-order valence-electron chi connectivity index (χ3n) is 5.02. The third-order valence-corrected chi connectivity index (χ3v) is 5.02. The van der Waals surface area contributed by atoms with Gasteiger partial charge in [0, 0.05) is 18.5 Å². The van der Waals surface area contributed by atoms with Crippen molar-refractivity contribution in [2.45, 2.75) is 32.6 Å². The Kier molecular flexibility index (Phi) is 3.71. The molecule has 4 rings (SSSR count). The first-order valence-corrected chi connectivity index (χ1v) is 8.56. The number of carbonyl (C=O) groups is 2. The summed E-state index contributed by atoms with van der Waals surface area (Å²) < 4.78 is 0. The number of amidine groups is 2. The summed E-state index contributed by atoms with van der Waals surface area (Å²) in [5, 5.41) is 0. The van der Waals surface area contributed by atoms with Crippen LogP contribution in [0.15, 0.2) is 58.2 Å². The van der Waals surface area contributed by atoms with E-state index in [1.165, 1.54) is 5.56 Å². The van der Waals surface area contributed by atoms with Crippen molar-refractivity contribution in [3.8, 4) is 0 Å². The highest BCUT2D eigenvalue weighted by atomic mass is 16.2. The minimum absolute atomic E-state index is 0.189. The van der Waals surface area contributed by atoms with E-state index < -0.39 is 5.92 Å². The molecular formula is C20H19N3O2. The highest BCUT2D eigenvalue weighted by Crippen LogP contribution is 2.38. The number of rotatable bonds is 2. The highest BCUT2D eigenvalue weighted by Gasteiger charge is 2.45. The molecule has 0 saturated carbocycles. The third kappa shape index (κ3) is 2.56. The quantitative estimate of drug-likeness (QED) is 0.836. The van der Waals surface area contributed by atoms with Gasteiger partial charge in [-0.25, -0.2) is 0 Å². The SMILES string of the molecule is CCc1ccc(C2CC(=O)N=C3C2C(=O)N=C2C(C)=CC=CN23)cc1. The normalized spacial score (nSPS) is 25.0. The van der Waals surface area contributed by atoms with Gasteiger partial charge in [0.1, 0.15) is 17.6 Å². The van der Waals surface area contributed by atoms with Crippen LogP contribution in [0.1, 0.15) is 37.3 Å². The second kappa shape index (κ2) is 5.92. The van der Waals surface area contributed by atoms with E-state index in [-0.39, 0.29) is 24.2 Å². The monoisotopic (exact) mass is 333 g/mol. The maximum absolute atomic E-state index is 12.8. The number of carbonyl (C=O) groups excluding carboxylic acids is 2. The van der Waals surface area contributed by atoms with Crippen molar-refractivity contribution in [3.63, 3.8) is 0 Å². The standard InChI is InChI=1S/C20H19N3O2/c1-3-13-6-8-14(9-7-13)15-11-16(24)21-19-17(15)20(25)22-18-12(2)5-4-10-23(18)19/h4-10,15,17H,3,11H2,1-2H3. The molecule has 2 amide bonds. The Labute approximate surface area is 146 Å². The molecule has 0 fully saturated rings. The molecule has 2 atom stereocenters. The first-order chi connectivity index (χ1) is 12.1. The van der Waals surface area contributed by atoms with Crippen LogP contribution in [0, 0.1) is 5.92 Å². The van der Waals surface area contributed by atoms with Crippen LogP contribution in [0.4, 0.5) is 0 Å². The number of benzene rings is 1. The number of hydrogen-bond acceptors (Lipinski definition) is 3. The van der Waals surface area contributed by atoms with Gasteiger partial charge in [-0.2, -0.15) is 9.98 Å². The Hall–Kier alpha value is -2.82. The van der Waals surface area contributed by atoms with E-state index in [0.717, 1.165) is 17.6 Å². The van der Waals surface area contributed by atoms with Gasteiger partial charge in [0.2, 0.25) is 5.91 Å². The molecule has 0 bridgehead atoms. The van der Waals surface area contributed by atoms with Gasteiger partial charge in [-0.15, -0.1) is 0 Å². The average Bonchev–Trinajstić information content (AvgIpc) is 2.62. The first kappa shape index (κ1) is 15.7. The maximum Gasteiger partial charge on any atom is 0.259 e. The van der Waals surface area contributed by atoms with Gasteiger partial charge >= 0.3 is 0 Å². The lowest BCUT2D eigenvalue weighted by atomic mass is 9.78. The lowest BCUT2D eigenvalue weighted by Crippen LogP contribution is -2.50. The van der Waals surface area contributed by atoms with Crippen LogP contribution in [0.3, 0.4) is 0 Å². The topological polar surface area (TPSA) is 62.1 Å². The van der Waals surface area contributed by atoms with Gasteiger partial charge in [0.25, 0.3) is 5.91 Å². The number of allylic oxidation sites excluding steroid dienone is 2. The zero-order chi connectivity index (χ0) is 17.6. The number of hydrogen-bond donors (Lipinski definition) is 0. The first-order valence-electron chi connectivity index (χ1n) is 8.56. The van der Waals surface area contributed by atoms with Crippen LogP contribution in [0.25, 0.3) is 0 Å². The molecule has 25 heavy (non-hydrogen) atoms. The largest absolute Gasteiger partial charge is 0.288 e. The minimum atomic E-state index is -0.510. The fourth-order valence-electron chi connectivity index (χ4n) is 3.64. The molecule has 0 spiro atoms. The zero-order valence-electron chi connectivity index (χ0n) is 14.3. The van der Waals surface area contributed by atoms with E-state index in [9.17, 15) is 9.59 Å². The van der Waals surface area contributed by atoms with Gasteiger partial charge in [0.05, 0.1) is 0 Å². The summed E-state index contributed by atoms with van der Waals surface area (Å²) >= 11 is 0. The summed E-state index contributed by atoms with van der Waals surface area (Å²) in [5.41, 5.74) is 3.11. The summed E-state index contributed by atoms with van der Waals surface area (Å²) in [4.78, 5) is 35.4.